The highest BCUT2D eigenvalue weighted by molar-refractivity contribution is 6.19. The fourth-order valence-corrected chi connectivity index (χ4v) is 3.40. The summed E-state index contributed by atoms with van der Waals surface area (Å²) in [5.41, 5.74) is 6.32. The van der Waals surface area contributed by atoms with Crippen LogP contribution in [-0.2, 0) is 27.3 Å². The molecule has 0 fully saturated rings. The molecule has 28 heavy (non-hydrogen) atoms. The second-order valence-corrected chi connectivity index (χ2v) is 6.88. The van der Waals surface area contributed by atoms with Gasteiger partial charge in [0.2, 0.25) is 5.91 Å². The molecule has 1 aliphatic heterocycles. The molecule has 0 aliphatic carbocycles. The van der Waals surface area contributed by atoms with E-state index in [-0.39, 0.29) is 18.7 Å². The highest BCUT2D eigenvalue weighted by Crippen LogP contribution is 2.34. The zero-order chi connectivity index (χ0) is 20.1. The van der Waals surface area contributed by atoms with Crippen molar-refractivity contribution >= 4 is 17.7 Å². The van der Waals surface area contributed by atoms with Crippen LogP contribution in [-0.4, -0.2) is 46.2 Å². The summed E-state index contributed by atoms with van der Waals surface area (Å²) in [6.45, 7) is 0.401. The van der Waals surface area contributed by atoms with Gasteiger partial charge in [-0.25, -0.2) is 4.98 Å². The fraction of sp³-hybridized carbons (Fsp3) is 0.300. The third-order valence-electron chi connectivity index (χ3n) is 4.99. The highest BCUT2D eigenvalue weighted by Gasteiger charge is 2.44. The minimum atomic E-state index is -1.14. The van der Waals surface area contributed by atoms with Gasteiger partial charge in [-0.05, 0) is 24.5 Å². The maximum atomic E-state index is 12.9. The molecule has 1 aromatic carbocycles. The quantitative estimate of drug-likeness (QED) is 0.606. The van der Waals surface area contributed by atoms with Crippen LogP contribution in [0, 0.1) is 5.41 Å². The number of carbonyl (C=O) groups is 3. The molecule has 1 unspecified atom stereocenters. The number of nitrogens with zero attached hydrogens (tertiary/aromatic N) is 2. The van der Waals surface area contributed by atoms with E-state index in [1.807, 2.05) is 30.3 Å². The van der Waals surface area contributed by atoms with E-state index >= 15 is 0 Å². The van der Waals surface area contributed by atoms with Gasteiger partial charge in [0.15, 0.2) is 0 Å². The molecule has 2 aromatic rings. The van der Waals surface area contributed by atoms with Gasteiger partial charge in [-0.2, -0.15) is 0 Å². The average Bonchev–Trinajstić information content (AvgIpc) is 3.22. The van der Waals surface area contributed by atoms with Gasteiger partial charge >= 0.3 is 0 Å². The number of rotatable bonds is 7. The Bertz CT molecular complexity index is 892. The molecule has 8 heteroatoms. The number of hydrogen-bond acceptors (Lipinski definition) is 4. The molecule has 1 atom stereocenters. The molecular weight excluding hydrogens is 358 g/mol. The van der Waals surface area contributed by atoms with E-state index in [4.69, 9.17) is 5.73 Å². The number of H-pyrrole nitrogens is 1. The van der Waals surface area contributed by atoms with Gasteiger partial charge in [0.25, 0.3) is 11.8 Å². The predicted molar refractivity (Wildman–Crippen MR) is 103 cm³/mol. The molecule has 2 heterocycles. The second-order valence-electron chi connectivity index (χ2n) is 6.88. The molecule has 8 nitrogen and oxygen atoms in total. The zero-order valence-corrected chi connectivity index (χ0v) is 15.6. The zero-order valence-electron chi connectivity index (χ0n) is 15.6. The molecule has 146 valence electrons. The van der Waals surface area contributed by atoms with Crippen molar-refractivity contribution in [3.8, 4) is 0 Å². The largest absolute Gasteiger partial charge is 0.369 e. The molecule has 0 spiro atoms. The first-order chi connectivity index (χ1) is 13.4. The summed E-state index contributed by atoms with van der Waals surface area (Å²) in [6, 6.07) is 9.41. The molecule has 0 saturated heterocycles. The van der Waals surface area contributed by atoms with Crippen LogP contribution in [0.1, 0.15) is 17.7 Å². The van der Waals surface area contributed by atoms with Gasteiger partial charge in [0.05, 0.1) is 11.7 Å². The number of primary amides is 1. The summed E-state index contributed by atoms with van der Waals surface area (Å²) < 4.78 is 0. The number of aromatic amines is 1. The first-order valence-electron chi connectivity index (χ1n) is 9.00. The lowest BCUT2D eigenvalue weighted by molar-refractivity contribution is -0.136. The Morgan fingerprint density at radius 3 is 2.68 bits per heavy atom. The van der Waals surface area contributed by atoms with Crippen molar-refractivity contribution < 1.29 is 14.4 Å². The summed E-state index contributed by atoms with van der Waals surface area (Å²) >= 11 is 0. The molecule has 4 N–H and O–H groups in total. The lowest BCUT2D eigenvalue weighted by Gasteiger charge is -2.38. The number of nitrogens with one attached hydrogen (secondary N) is 2. The van der Waals surface area contributed by atoms with Crippen molar-refractivity contribution in [1.82, 2.24) is 20.2 Å². The highest BCUT2D eigenvalue weighted by atomic mass is 16.2. The fourth-order valence-electron chi connectivity index (χ4n) is 3.40. The maximum Gasteiger partial charge on any atom is 0.259 e. The van der Waals surface area contributed by atoms with Crippen LogP contribution in [0.2, 0.25) is 0 Å². The molecule has 1 aliphatic rings. The number of aryl methyl sites for hydroxylation is 1. The lowest BCUT2D eigenvalue weighted by atomic mass is 9.77. The first kappa shape index (κ1) is 19.3. The van der Waals surface area contributed by atoms with Gasteiger partial charge in [-0.3, -0.25) is 14.4 Å². The number of likely N-dealkylation sites (N-methyl/N-ethyl adjacent to an activating group) is 1. The summed E-state index contributed by atoms with van der Waals surface area (Å²) in [7, 11) is 1.45. The van der Waals surface area contributed by atoms with Crippen LogP contribution >= 0.6 is 0 Å². The van der Waals surface area contributed by atoms with Gasteiger partial charge in [0, 0.05) is 32.0 Å². The Kier molecular flexibility index (Phi) is 5.58. The number of amides is 3. The Hall–Kier alpha value is -3.42. The summed E-state index contributed by atoms with van der Waals surface area (Å²) in [4.78, 5) is 46.2. The van der Waals surface area contributed by atoms with Crippen LogP contribution < -0.4 is 11.1 Å². The Labute approximate surface area is 162 Å². The molecule has 0 radical (unpaired) electrons. The summed E-state index contributed by atoms with van der Waals surface area (Å²) in [5.74, 6) is -1.52. The number of carbonyl (C=O) groups excluding carboxylic acids is 3. The third-order valence-corrected chi connectivity index (χ3v) is 4.99. The van der Waals surface area contributed by atoms with Crippen LogP contribution in [0.3, 0.4) is 0 Å². The van der Waals surface area contributed by atoms with E-state index in [9.17, 15) is 14.4 Å². The van der Waals surface area contributed by atoms with Crippen molar-refractivity contribution in [3.63, 3.8) is 0 Å². The smallest absolute Gasteiger partial charge is 0.259 e. The van der Waals surface area contributed by atoms with E-state index in [0.29, 0.717) is 12.8 Å². The molecule has 0 saturated carbocycles. The minimum absolute atomic E-state index is 0.0620. The molecule has 3 amide bonds. The average molecular weight is 381 g/mol. The van der Waals surface area contributed by atoms with Crippen LogP contribution in [0.15, 0.2) is 54.5 Å². The van der Waals surface area contributed by atoms with Crippen LogP contribution in [0.25, 0.3) is 0 Å². The normalized spacial score (nSPS) is 19.2. The van der Waals surface area contributed by atoms with Crippen molar-refractivity contribution in [3.05, 3.63) is 65.8 Å². The molecule has 1 aromatic heterocycles. The van der Waals surface area contributed by atoms with Crippen molar-refractivity contribution in [2.45, 2.75) is 19.4 Å². The van der Waals surface area contributed by atoms with Crippen molar-refractivity contribution in [2.24, 2.45) is 11.1 Å². The third kappa shape index (κ3) is 3.95. The van der Waals surface area contributed by atoms with E-state index in [1.54, 1.807) is 12.5 Å². The minimum Gasteiger partial charge on any atom is -0.369 e. The number of imidazole rings is 1. The summed E-state index contributed by atoms with van der Waals surface area (Å²) in [5, 5.41) is 2.47. The first-order valence-corrected chi connectivity index (χ1v) is 9.00. The number of benzene rings is 1. The Morgan fingerprint density at radius 1 is 1.32 bits per heavy atom. The predicted octanol–water partition coefficient (Wildman–Crippen LogP) is 0.529. The van der Waals surface area contributed by atoms with Crippen molar-refractivity contribution in [1.29, 1.82) is 0 Å². The molecular formula is C20H23N5O3. The van der Waals surface area contributed by atoms with E-state index in [0.717, 1.165) is 11.3 Å². The van der Waals surface area contributed by atoms with Gasteiger partial charge < -0.3 is 20.9 Å². The van der Waals surface area contributed by atoms with Crippen LogP contribution in [0.5, 0.6) is 0 Å². The van der Waals surface area contributed by atoms with Gasteiger partial charge in [0.1, 0.15) is 5.57 Å². The number of hydrogen-bond donors (Lipinski definition) is 3. The van der Waals surface area contributed by atoms with E-state index in [1.165, 1.54) is 18.0 Å². The van der Waals surface area contributed by atoms with E-state index in [2.05, 4.69) is 15.3 Å². The SMILES string of the molecule is CNC(=O)C1=CC(CCc2cnc[nH]2)(C(N)=O)CN(Cc2ccccc2)C1=O. The second kappa shape index (κ2) is 8.08. The Balaban J connectivity index is 1.95. The Morgan fingerprint density at radius 2 is 2.07 bits per heavy atom. The van der Waals surface area contributed by atoms with Gasteiger partial charge in [-0.15, -0.1) is 0 Å². The molecule has 0 bridgehead atoms. The maximum absolute atomic E-state index is 12.9. The molecule has 3 rings (SSSR count). The summed E-state index contributed by atoms with van der Waals surface area (Å²) in [6.07, 6.45) is 5.53. The topological polar surface area (TPSA) is 121 Å². The van der Waals surface area contributed by atoms with Crippen LogP contribution in [0.4, 0.5) is 0 Å². The lowest BCUT2D eigenvalue weighted by Crippen LogP contribution is -2.53. The van der Waals surface area contributed by atoms with Gasteiger partial charge in [-0.1, -0.05) is 30.3 Å². The standard InChI is InChI=1S/C20H23N5O3/c1-22-17(26)16-9-20(19(21)28,8-7-15-10-23-13-24-15)12-25(18(16)27)11-14-5-3-2-4-6-14/h2-6,9-10,13H,7-8,11-12H2,1H3,(H2,21,28)(H,22,26)(H,23,24). The monoisotopic (exact) mass is 381 g/mol. The number of aromatic nitrogens is 2. The van der Waals surface area contributed by atoms with Crippen molar-refractivity contribution in [2.75, 3.05) is 13.6 Å². The van der Waals surface area contributed by atoms with E-state index < -0.39 is 23.1 Å². The number of nitrogens with two attached hydrogens (primary N) is 1.